The molecule has 0 nitrogen and oxygen atoms in total. The third-order valence-corrected chi connectivity index (χ3v) is 5.64. The molecule has 0 N–H and O–H groups in total. The molecule has 0 aromatic rings. The van der Waals surface area contributed by atoms with E-state index in [0.717, 1.165) is 6.42 Å². The number of unbranched alkanes of at least 4 members (excludes halogenated alkanes) is 16. The molecular weight excluding hydrogens is 360 g/mol. The second-order valence-corrected chi connectivity index (χ2v) is 8.75. The Kier molecular flexibility index (Phi) is 27.0. The molecule has 30 heavy (non-hydrogen) atoms. The van der Waals surface area contributed by atoms with Crippen LogP contribution < -0.4 is 0 Å². The second kappa shape index (κ2) is 28.0. The van der Waals surface area contributed by atoms with E-state index in [2.05, 4.69) is 62.5 Å². The lowest BCUT2D eigenvalue weighted by atomic mass is 10.0. The highest BCUT2D eigenvalue weighted by molar-refractivity contribution is 5.01. The van der Waals surface area contributed by atoms with Gasteiger partial charge in [-0.3, -0.25) is 0 Å². The quantitative estimate of drug-likeness (QED) is 0.0885. The van der Waals surface area contributed by atoms with Gasteiger partial charge in [0.05, 0.1) is 0 Å². The zero-order valence-corrected chi connectivity index (χ0v) is 20.8. The van der Waals surface area contributed by atoms with E-state index in [-0.39, 0.29) is 0 Å². The summed E-state index contributed by atoms with van der Waals surface area (Å²) in [7, 11) is 0. The van der Waals surface area contributed by atoms with Crippen LogP contribution in [0.25, 0.3) is 0 Å². The van der Waals surface area contributed by atoms with E-state index in [4.69, 9.17) is 0 Å². The van der Waals surface area contributed by atoms with Crippen LogP contribution in [-0.4, -0.2) is 0 Å². The minimum atomic E-state index is 1.14. The maximum atomic E-state index is 2.42. The highest BCUT2D eigenvalue weighted by Gasteiger charge is 1.93. The van der Waals surface area contributed by atoms with Crippen molar-refractivity contribution in [2.75, 3.05) is 0 Å². The van der Waals surface area contributed by atoms with Gasteiger partial charge in [0, 0.05) is 0 Å². The molecule has 174 valence electrons. The van der Waals surface area contributed by atoms with Gasteiger partial charge in [-0.1, -0.05) is 127 Å². The first-order valence-corrected chi connectivity index (χ1v) is 13.5. The summed E-state index contributed by atoms with van der Waals surface area (Å²) in [6, 6.07) is 0. The fourth-order valence-electron chi connectivity index (χ4n) is 3.67. The first-order valence-electron chi connectivity index (χ1n) is 13.5. The summed E-state index contributed by atoms with van der Waals surface area (Å²) in [5, 5.41) is 0. The lowest BCUT2D eigenvalue weighted by Gasteiger charge is -2.02. The minimum absolute atomic E-state index is 1.14. The van der Waals surface area contributed by atoms with E-state index >= 15 is 0 Å². The van der Waals surface area contributed by atoms with Gasteiger partial charge in [-0.25, -0.2) is 0 Å². The lowest BCUT2D eigenvalue weighted by molar-refractivity contribution is 0.547. The average Bonchev–Trinajstić information content (AvgIpc) is 2.76. The van der Waals surface area contributed by atoms with Gasteiger partial charge in [-0.15, -0.1) is 0 Å². The summed E-state index contributed by atoms with van der Waals surface area (Å²) in [5.41, 5.74) is 0. The molecule has 0 fully saturated rings. The highest BCUT2D eigenvalue weighted by atomic mass is 14.0. The predicted octanol–water partition coefficient (Wildman–Crippen LogP) is 11.1. The molecular formula is C30H54. The Bertz CT molecular complexity index is 410. The zero-order valence-electron chi connectivity index (χ0n) is 20.8. The maximum absolute atomic E-state index is 2.42. The van der Waals surface area contributed by atoms with E-state index in [1.165, 1.54) is 122 Å². The molecule has 0 atom stereocenters. The van der Waals surface area contributed by atoms with Crippen LogP contribution in [0.3, 0.4) is 0 Å². The predicted molar refractivity (Wildman–Crippen MR) is 140 cm³/mol. The molecule has 0 aromatic carbocycles. The van der Waals surface area contributed by atoms with Crippen LogP contribution in [-0.2, 0) is 0 Å². The molecule has 0 bridgehead atoms. The molecule has 0 radical (unpaired) electrons. The van der Waals surface area contributed by atoms with Gasteiger partial charge in [0.1, 0.15) is 0 Å². The molecule has 0 saturated heterocycles. The summed E-state index contributed by atoms with van der Waals surface area (Å²) in [6.45, 7) is 4.42. The van der Waals surface area contributed by atoms with E-state index in [1.807, 2.05) is 0 Å². The Balaban J connectivity index is 3.14. The van der Waals surface area contributed by atoms with Gasteiger partial charge in [-0.05, 0) is 64.2 Å². The van der Waals surface area contributed by atoms with Crippen molar-refractivity contribution in [3.63, 3.8) is 0 Å². The molecule has 0 rings (SSSR count). The molecule has 0 aliphatic rings. The Morgan fingerprint density at radius 2 is 0.667 bits per heavy atom. The molecule has 0 amide bonds. The normalized spacial score (nSPS) is 12.5. The molecule has 0 spiro atoms. The molecule has 0 unspecified atom stereocenters. The smallest absolute Gasteiger partial charge is 0.0348 e. The average molecular weight is 415 g/mol. The Morgan fingerprint density at radius 3 is 1.10 bits per heavy atom. The molecule has 0 saturated carbocycles. The summed E-state index contributed by atoms with van der Waals surface area (Å²) >= 11 is 0. The largest absolute Gasteiger partial charge is 0.0885 e. The van der Waals surface area contributed by atoms with Crippen LogP contribution in [0.2, 0.25) is 0 Å². The van der Waals surface area contributed by atoms with E-state index in [9.17, 15) is 0 Å². The second-order valence-electron chi connectivity index (χ2n) is 8.75. The standard InChI is InChI=1S/C30H54/c1-3-5-7-9-11-13-15-17-19-21-23-25-27-29-30-28-26-24-22-20-18-16-14-12-10-8-6-4-2/h5,7-11,20,22H,3-4,6,12-19,21,23-30H2,1-2H3. The highest BCUT2D eigenvalue weighted by Crippen LogP contribution is 2.13. The first kappa shape index (κ1) is 29.0. The molecule has 0 aliphatic carbocycles. The van der Waals surface area contributed by atoms with E-state index in [0.29, 0.717) is 0 Å². The van der Waals surface area contributed by atoms with Crippen molar-refractivity contribution in [1.82, 2.24) is 0 Å². The third kappa shape index (κ3) is 27.0. The van der Waals surface area contributed by atoms with E-state index in [1.54, 1.807) is 0 Å². The van der Waals surface area contributed by atoms with Crippen LogP contribution in [0.15, 0.2) is 48.6 Å². The fourth-order valence-corrected chi connectivity index (χ4v) is 3.67. The van der Waals surface area contributed by atoms with Gasteiger partial charge in [-0.2, -0.15) is 0 Å². The molecule has 0 aromatic heterocycles. The minimum Gasteiger partial charge on any atom is -0.0885 e. The number of hydrogen-bond acceptors (Lipinski definition) is 0. The summed E-state index contributed by atoms with van der Waals surface area (Å²) < 4.78 is 0. The first-order chi connectivity index (χ1) is 14.9. The van der Waals surface area contributed by atoms with Gasteiger partial charge in [0.2, 0.25) is 0 Å². The van der Waals surface area contributed by atoms with Gasteiger partial charge in [0.15, 0.2) is 0 Å². The summed E-state index contributed by atoms with van der Waals surface area (Å²) in [6.07, 6.45) is 45.6. The van der Waals surface area contributed by atoms with Crippen molar-refractivity contribution in [2.24, 2.45) is 0 Å². The van der Waals surface area contributed by atoms with Crippen LogP contribution in [0, 0.1) is 0 Å². The van der Waals surface area contributed by atoms with Crippen molar-refractivity contribution in [3.8, 4) is 0 Å². The fraction of sp³-hybridized carbons (Fsp3) is 0.733. The SMILES string of the molecule is CCC=CC=CCCCCCCCCCCCCCC=CCCCCC=CCCC. The van der Waals surface area contributed by atoms with E-state index < -0.39 is 0 Å². The molecule has 0 heterocycles. The lowest BCUT2D eigenvalue weighted by Crippen LogP contribution is -1.82. The Hall–Kier alpha value is -1.04. The maximum Gasteiger partial charge on any atom is -0.0348 e. The van der Waals surface area contributed by atoms with Crippen LogP contribution >= 0.6 is 0 Å². The van der Waals surface area contributed by atoms with Crippen molar-refractivity contribution >= 4 is 0 Å². The Morgan fingerprint density at radius 1 is 0.333 bits per heavy atom. The monoisotopic (exact) mass is 414 g/mol. The van der Waals surface area contributed by atoms with Crippen molar-refractivity contribution in [1.29, 1.82) is 0 Å². The third-order valence-electron chi connectivity index (χ3n) is 5.64. The number of hydrogen-bond donors (Lipinski definition) is 0. The molecule has 0 aliphatic heterocycles. The number of rotatable bonds is 23. The van der Waals surface area contributed by atoms with Gasteiger partial charge < -0.3 is 0 Å². The number of allylic oxidation sites excluding steroid dienone is 8. The van der Waals surface area contributed by atoms with Crippen LogP contribution in [0.4, 0.5) is 0 Å². The Labute approximate surface area is 191 Å². The van der Waals surface area contributed by atoms with Crippen LogP contribution in [0.5, 0.6) is 0 Å². The van der Waals surface area contributed by atoms with Crippen LogP contribution in [0.1, 0.15) is 142 Å². The van der Waals surface area contributed by atoms with Crippen molar-refractivity contribution < 1.29 is 0 Å². The summed E-state index contributed by atoms with van der Waals surface area (Å²) in [5.74, 6) is 0. The van der Waals surface area contributed by atoms with Crippen molar-refractivity contribution in [2.45, 2.75) is 142 Å². The van der Waals surface area contributed by atoms with Gasteiger partial charge >= 0.3 is 0 Å². The zero-order chi connectivity index (χ0) is 21.8. The topological polar surface area (TPSA) is 0 Å². The summed E-state index contributed by atoms with van der Waals surface area (Å²) in [4.78, 5) is 0. The molecule has 0 heteroatoms. The van der Waals surface area contributed by atoms with Gasteiger partial charge in [0.25, 0.3) is 0 Å². The van der Waals surface area contributed by atoms with Crippen molar-refractivity contribution in [3.05, 3.63) is 48.6 Å².